The zero-order valence-corrected chi connectivity index (χ0v) is 19.0. The number of ether oxygens (including phenoxy) is 3. The number of hydrogen-bond acceptors (Lipinski definition) is 6. The van der Waals surface area contributed by atoms with Crippen LogP contribution in [0.2, 0.25) is 0 Å². The lowest BCUT2D eigenvalue weighted by Crippen LogP contribution is -2.33. The Morgan fingerprint density at radius 1 is 1.16 bits per heavy atom. The normalized spacial score (nSPS) is 16.6. The predicted molar refractivity (Wildman–Crippen MR) is 121 cm³/mol. The summed E-state index contributed by atoms with van der Waals surface area (Å²) < 4.78 is 19.3. The summed E-state index contributed by atoms with van der Waals surface area (Å²) in [7, 11) is 0. The van der Waals surface area contributed by atoms with Crippen molar-refractivity contribution < 1.29 is 23.8 Å². The van der Waals surface area contributed by atoms with Crippen molar-refractivity contribution in [3.05, 3.63) is 68.7 Å². The third-order valence-corrected chi connectivity index (χ3v) is 7.33. The molecule has 1 aliphatic heterocycles. The molecule has 2 aliphatic rings. The number of thiophene rings is 1. The topological polar surface area (TPSA) is 66.8 Å². The van der Waals surface area contributed by atoms with Crippen LogP contribution in [0.3, 0.4) is 0 Å². The fourth-order valence-electron chi connectivity index (χ4n) is 4.43. The quantitative estimate of drug-likeness (QED) is 0.407. The third kappa shape index (κ3) is 3.93. The molecule has 1 atom stereocenters. The molecule has 0 spiro atoms. The molecule has 0 radical (unpaired) electrons. The highest BCUT2D eigenvalue weighted by Gasteiger charge is 2.25. The van der Waals surface area contributed by atoms with Gasteiger partial charge in [-0.05, 0) is 62.9 Å². The Bertz CT molecular complexity index is 1170. The van der Waals surface area contributed by atoms with Crippen LogP contribution in [0.15, 0.2) is 36.4 Å². The van der Waals surface area contributed by atoms with Gasteiger partial charge in [0.15, 0.2) is 24.2 Å². The zero-order valence-electron chi connectivity index (χ0n) is 18.2. The molecule has 0 N–H and O–H groups in total. The molecule has 0 unspecified atom stereocenters. The van der Waals surface area contributed by atoms with E-state index in [1.54, 1.807) is 0 Å². The molecule has 3 aromatic rings. The maximum atomic E-state index is 12.8. The maximum absolute atomic E-state index is 12.8. The Morgan fingerprint density at radius 3 is 2.78 bits per heavy atom. The van der Waals surface area contributed by atoms with Gasteiger partial charge in [-0.2, -0.15) is 0 Å². The maximum Gasteiger partial charge on any atom is 0.348 e. The highest BCUT2D eigenvalue weighted by Crippen LogP contribution is 2.32. The first-order valence-electron chi connectivity index (χ1n) is 10.9. The summed E-state index contributed by atoms with van der Waals surface area (Å²) in [5.74, 6) is 0.860. The second-order valence-electron chi connectivity index (χ2n) is 8.30. The van der Waals surface area contributed by atoms with E-state index < -0.39 is 5.97 Å². The lowest BCUT2D eigenvalue weighted by Gasteiger charge is -2.27. The van der Waals surface area contributed by atoms with Gasteiger partial charge in [0.2, 0.25) is 5.78 Å². The van der Waals surface area contributed by atoms with Gasteiger partial charge in [-0.15, -0.1) is 11.3 Å². The smallest absolute Gasteiger partial charge is 0.348 e. The van der Waals surface area contributed by atoms with E-state index in [0.29, 0.717) is 23.6 Å². The standard InChI is InChI=1S/C25H25NO5S/c1-15-10-19(20(27)14-30-25(28)24-11-17-6-5-9-23(17)32-24)16(2)26(15)12-18-13-29-21-7-3-4-8-22(21)31-18/h3-4,7-8,10-11,18H,5-6,9,12-14H2,1-2H3/t18-/m0/s1. The molecule has 5 rings (SSSR count). The molecular formula is C25H25NO5S. The molecule has 1 aromatic carbocycles. The number of rotatable bonds is 6. The Morgan fingerprint density at radius 2 is 1.97 bits per heavy atom. The molecule has 0 saturated heterocycles. The van der Waals surface area contributed by atoms with Gasteiger partial charge in [0.25, 0.3) is 0 Å². The van der Waals surface area contributed by atoms with Crippen LogP contribution >= 0.6 is 11.3 Å². The number of ketones is 1. The average molecular weight is 452 g/mol. The number of hydrogen-bond donors (Lipinski definition) is 0. The summed E-state index contributed by atoms with van der Waals surface area (Å²) in [6.07, 6.45) is 3.04. The number of carbonyl (C=O) groups is 2. The van der Waals surface area contributed by atoms with Gasteiger partial charge in [0.05, 0.1) is 6.54 Å². The molecule has 7 heteroatoms. The molecule has 166 valence electrons. The van der Waals surface area contributed by atoms with Gasteiger partial charge >= 0.3 is 5.97 Å². The molecule has 0 amide bonds. The summed E-state index contributed by atoms with van der Waals surface area (Å²) in [4.78, 5) is 27.1. The minimum absolute atomic E-state index is 0.156. The van der Waals surface area contributed by atoms with Gasteiger partial charge in [0, 0.05) is 21.8 Å². The van der Waals surface area contributed by atoms with Gasteiger partial charge < -0.3 is 18.8 Å². The molecular weight excluding hydrogens is 426 g/mol. The second-order valence-corrected chi connectivity index (χ2v) is 9.44. The van der Waals surface area contributed by atoms with Crippen molar-refractivity contribution in [2.75, 3.05) is 13.2 Å². The zero-order chi connectivity index (χ0) is 22.2. The summed E-state index contributed by atoms with van der Waals surface area (Å²) in [6.45, 7) is 4.62. The molecule has 1 aliphatic carbocycles. The Hall–Kier alpha value is -3.06. The number of fused-ring (bicyclic) bond motifs is 2. The van der Waals surface area contributed by atoms with Crippen molar-refractivity contribution in [2.24, 2.45) is 0 Å². The molecule has 0 saturated carbocycles. The molecule has 6 nitrogen and oxygen atoms in total. The lowest BCUT2D eigenvalue weighted by molar-refractivity contribution is 0.0479. The van der Waals surface area contributed by atoms with Crippen LogP contribution in [0, 0.1) is 13.8 Å². The van der Waals surface area contributed by atoms with Crippen molar-refractivity contribution >= 4 is 23.1 Å². The van der Waals surface area contributed by atoms with E-state index in [9.17, 15) is 9.59 Å². The van der Waals surface area contributed by atoms with Crippen LogP contribution in [0.5, 0.6) is 11.5 Å². The Labute approximate surface area is 190 Å². The van der Waals surface area contributed by atoms with E-state index >= 15 is 0 Å². The van der Waals surface area contributed by atoms with Gasteiger partial charge in [-0.25, -0.2) is 4.79 Å². The third-order valence-electron chi connectivity index (χ3n) is 6.11. The number of para-hydroxylation sites is 2. The van der Waals surface area contributed by atoms with Gasteiger partial charge in [0.1, 0.15) is 11.5 Å². The predicted octanol–water partition coefficient (Wildman–Crippen LogP) is 4.53. The van der Waals surface area contributed by atoms with E-state index in [1.165, 1.54) is 21.8 Å². The molecule has 2 aromatic heterocycles. The van der Waals surface area contributed by atoms with Crippen molar-refractivity contribution in [1.82, 2.24) is 4.57 Å². The fourth-order valence-corrected chi connectivity index (χ4v) is 5.58. The van der Waals surface area contributed by atoms with Crippen LogP contribution in [0.25, 0.3) is 0 Å². The van der Waals surface area contributed by atoms with Crippen LogP contribution in [0.4, 0.5) is 0 Å². The van der Waals surface area contributed by atoms with Crippen LogP contribution in [0.1, 0.15) is 48.3 Å². The monoisotopic (exact) mass is 451 g/mol. The van der Waals surface area contributed by atoms with Gasteiger partial charge in [-0.1, -0.05) is 12.1 Å². The lowest BCUT2D eigenvalue weighted by atomic mass is 10.1. The first-order valence-corrected chi connectivity index (χ1v) is 11.7. The molecule has 3 heterocycles. The Kier molecular flexibility index (Phi) is 5.51. The number of benzene rings is 1. The minimum Gasteiger partial charge on any atom is -0.486 e. The van der Waals surface area contributed by atoms with E-state index in [-0.39, 0.29) is 18.5 Å². The van der Waals surface area contributed by atoms with Crippen LogP contribution in [-0.2, 0) is 24.1 Å². The van der Waals surface area contributed by atoms with Crippen molar-refractivity contribution in [3.63, 3.8) is 0 Å². The number of aromatic nitrogens is 1. The minimum atomic E-state index is -0.419. The first-order chi connectivity index (χ1) is 15.5. The summed E-state index contributed by atoms with van der Waals surface area (Å²) in [5, 5.41) is 0. The number of esters is 1. The number of Topliss-reactive ketones (excluding diaryl/α,β-unsaturated/α-hetero) is 1. The average Bonchev–Trinajstić information content (AvgIpc) is 3.47. The van der Waals surface area contributed by atoms with E-state index in [0.717, 1.165) is 42.1 Å². The van der Waals surface area contributed by atoms with Crippen molar-refractivity contribution in [1.29, 1.82) is 0 Å². The summed E-state index contributed by atoms with van der Waals surface area (Å²) >= 11 is 1.49. The Balaban J connectivity index is 1.23. The SMILES string of the molecule is Cc1cc(C(=O)COC(=O)c2cc3c(s2)CCC3)c(C)n1C[C@H]1COc2ccccc2O1. The number of aryl methyl sites for hydroxylation is 3. The van der Waals surface area contributed by atoms with Crippen LogP contribution < -0.4 is 9.47 Å². The van der Waals surface area contributed by atoms with Crippen LogP contribution in [-0.4, -0.2) is 35.6 Å². The number of nitrogens with zero attached hydrogens (tertiary/aromatic N) is 1. The van der Waals surface area contributed by atoms with Crippen molar-refractivity contribution in [3.8, 4) is 11.5 Å². The molecule has 0 fully saturated rings. The van der Waals surface area contributed by atoms with E-state index in [2.05, 4.69) is 4.57 Å². The number of carbonyl (C=O) groups excluding carboxylic acids is 2. The molecule has 32 heavy (non-hydrogen) atoms. The first kappa shape index (κ1) is 20.8. The van der Waals surface area contributed by atoms with E-state index in [1.807, 2.05) is 50.2 Å². The second kappa shape index (κ2) is 8.47. The highest BCUT2D eigenvalue weighted by molar-refractivity contribution is 7.14. The summed E-state index contributed by atoms with van der Waals surface area (Å²) in [6, 6.07) is 11.4. The van der Waals surface area contributed by atoms with E-state index in [4.69, 9.17) is 14.2 Å². The van der Waals surface area contributed by atoms with Crippen molar-refractivity contribution in [2.45, 2.75) is 45.8 Å². The van der Waals surface area contributed by atoms with Gasteiger partial charge in [-0.3, -0.25) is 4.79 Å². The highest BCUT2D eigenvalue weighted by atomic mass is 32.1. The fraction of sp³-hybridized carbons (Fsp3) is 0.360. The summed E-state index contributed by atoms with van der Waals surface area (Å²) in [5.41, 5.74) is 3.60. The molecule has 0 bridgehead atoms. The largest absolute Gasteiger partial charge is 0.486 e.